The van der Waals surface area contributed by atoms with Gasteiger partial charge in [-0.15, -0.1) is 0 Å². The molecular weight excluding hydrogens is 457 g/mol. The second kappa shape index (κ2) is 8.61. The van der Waals surface area contributed by atoms with Crippen molar-refractivity contribution < 1.29 is 23.1 Å². The maximum Gasteiger partial charge on any atom is 0.433 e. The number of amides is 1. The first-order chi connectivity index (χ1) is 15.5. The third kappa shape index (κ3) is 4.56. The maximum absolute atomic E-state index is 12.8. The van der Waals surface area contributed by atoms with Crippen molar-refractivity contribution >= 4 is 28.4 Å². The number of nitrogens with zero attached hydrogens (tertiary/aromatic N) is 3. The number of carbonyl (C=O) groups is 1. The average Bonchev–Trinajstić information content (AvgIpc) is 3.25. The van der Waals surface area contributed by atoms with Gasteiger partial charge in [0.2, 0.25) is 0 Å². The lowest BCUT2D eigenvalue weighted by molar-refractivity contribution is -0.141. The van der Waals surface area contributed by atoms with Crippen LogP contribution in [0.4, 0.5) is 13.2 Å². The Kier molecular flexibility index (Phi) is 6.13. The van der Waals surface area contributed by atoms with Crippen molar-refractivity contribution in [2.45, 2.75) is 39.0 Å². The summed E-state index contributed by atoms with van der Waals surface area (Å²) in [6.45, 7) is 4.86. The molecule has 3 heterocycles. The van der Waals surface area contributed by atoms with Crippen LogP contribution < -0.4 is 0 Å². The molecule has 2 N–H and O–H groups in total. The van der Waals surface area contributed by atoms with Crippen molar-refractivity contribution in [3.05, 3.63) is 58.5 Å². The lowest BCUT2D eigenvalue weighted by Gasteiger charge is -2.43. The van der Waals surface area contributed by atoms with Gasteiger partial charge in [0.1, 0.15) is 5.69 Å². The number of aliphatic hydroxyl groups is 1. The largest absolute Gasteiger partial charge is 0.433 e. The molecule has 2 aromatic heterocycles. The molecule has 176 valence electrons. The number of likely N-dealkylation sites (tertiary alicyclic amines) is 1. The molecule has 6 nitrogen and oxygen atoms in total. The molecule has 0 saturated carbocycles. The van der Waals surface area contributed by atoms with Crippen LogP contribution in [0, 0.1) is 11.3 Å². The summed E-state index contributed by atoms with van der Waals surface area (Å²) in [6, 6.07) is 5.50. The number of nitrogens with one attached hydrogen (secondary N) is 1. The van der Waals surface area contributed by atoms with E-state index in [1.54, 1.807) is 23.2 Å². The Morgan fingerprint density at radius 3 is 2.52 bits per heavy atom. The number of H-pyrrole nitrogens is 1. The first-order valence-corrected chi connectivity index (χ1v) is 11.0. The van der Waals surface area contributed by atoms with Crippen LogP contribution in [0.2, 0.25) is 5.02 Å². The molecule has 1 aromatic carbocycles. The van der Waals surface area contributed by atoms with E-state index in [4.69, 9.17) is 11.6 Å². The first kappa shape index (κ1) is 23.5. The zero-order chi connectivity index (χ0) is 24.0. The summed E-state index contributed by atoms with van der Waals surface area (Å²) >= 11 is 6.24. The van der Waals surface area contributed by atoms with Crippen LogP contribution in [0.5, 0.6) is 0 Å². The van der Waals surface area contributed by atoms with Gasteiger partial charge in [0, 0.05) is 35.3 Å². The van der Waals surface area contributed by atoms with E-state index in [2.05, 4.69) is 15.2 Å². The van der Waals surface area contributed by atoms with Gasteiger partial charge in [0.15, 0.2) is 0 Å². The second-order valence-electron chi connectivity index (χ2n) is 9.05. The number of carbonyl (C=O) groups excluding carboxylic acids is 1. The number of hydrogen-bond donors (Lipinski definition) is 2. The van der Waals surface area contributed by atoms with Gasteiger partial charge in [-0.1, -0.05) is 25.4 Å². The zero-order valence-corrected chi connectivity index (χ0v) is 18.9. The average molecular weight is 481 g/mol. The van der Waals surface area contributed by atoms with E-state index in [9.17, 15) is 23.1 Å². The van der Waals surface area contributed by atoms with E-state index >= 15 is 0 Å². The quantitative estimate of drug-likeness (QED) is 0.535. The molecular formula is C23H24ClF3N4O2. The molecule has 0 radical (unpaired) electrons. The summed E-state index contributed by atoms with van der Waals surface area (Å²) in [5, 5.41) is 19.6. The molecule has 33 heavy (non-hydrogen) atoms. The van der Waals surface area contributed by atoms with Crippen molar-refractivity contribution in [1.82, 2.24) is 20.1 Å². The number of hydrogen-bond acceptors (Lipinski definition) is 4. The number of piperidine rings is 1. The van der Waals surface area contributed by atoms with E-state index in [0.717, 1.165) is 29.2 Å². The summed E-state index contributed by atoms with van der Waals surface area (Å²) in [6.07, 6.45) is -1.43. The SMILES string of the molecule is CC(C)(C1CCN(C(=O)c2ccc(C(F)(F)F)nc2)CC1)[C@H](O)c1cc(Cl)cc2cn[nH]c12. The van der Waals surface area contributed by atoms with Crippen LogP contribution in [0.25, 0.3) is 10.9 Å². The third-order valence-electron chi connectivity index (χ3n) is 6.68. The minimum absolute atomic E-state index is 0.110. The molecule has 0 aliphatic carbocycles. The summed E-state index contributed by atoms with van der Waals surface area (Å²) < 4.78 is 38.2. The number of rotatable bonds is 4. The normalized spacial score (nSPS) is 16.9. The number of halogens is 4. The number of aliphatic hydroxyl groups excluding tert-OH is 1. The molecule has 1 saturated heterocycles. The molecule has 10 heteroatoms. The Morgan fingerprint density at radius 1 is 1.21 bits per heavy atom. The molecule has 0 unspecified atom stereocenters. The lowest BCUT2D eigenvalue weighted by atomic mass is 9.68. The van der Waals surface area contributed by atoms with E-state index in [1.807, 2.05) is 13.8 Å². The molecule has 4 rings (SSSR count). The van der Waals surface area contributed by atoms with Gasteiger partial charge < -0.3 is 10.0 Å². The van der Waals surface area contributed by atoms with Crippen molar-refractivity contribution in [3.8, 4) is 0 Å². The summed E-state index contributed by atoms with van der Waals surface area (Å²) in [5.74, 6) is -0.235. The highest BCUT2D eigenvalue weighted by Gasteiger charge is 2.40. The Bertz CT molecular complexity index is 1150. The minimum Gasteiger partial charge on any atom is -0.388 e. The predicted molar refractivity (Wildman–Crippen MR) is 118 cm³/mol. The number of benzene rings is 1. The number of fused-ring (bicyclic) bond motifs is 1. The molecule has 0 bridgehead atoms. The lowest BCUT2D eigenvalue weighted by Crippen LogP contribution is -2.43. The van der Waals surface area contributed by atoms with E-state index in [-0.39, 0.29) is 17.4 Å². The topological polar surface area (TPSA) is 82.1 Å². The Hall–Kier alpha value is -2.65. The van der Waals surface area contributed by atoms with Crippen molar-refractivity contribution in [1.29, 1.82) is 0 Å². The first-order valence-electron chi connectivity index (χ1n) is 10.6. The monoisotopic (exact) mass is 480 g/mol. The number of aromatic amines is 1. The van der Waals surface area contributed by atoms with Crippen molar-refractivity contribution in [2.24, 2.45) is 11.3 Å². The van der Waals surface area contributed by atoms with E-state index < -0.39 is 23.4 Å². The highest BCUT2D eigenvalue weighted by Crippen LogP contribution is 2.46. The van der Waals surface area contributed by atoms with Crippen molar-refractivity contribution in [2.75, 3.05) is 13.1 Å². The Morgan fingerprint density at radius 2 is 1.91 bits per heavy atom. The smallest absolute Gasteiger partial charge is 0.388 e. The highest BCUT2D eigenvalue weighted by atomic mass is 35.5. The minimum atomic E-state index is -4.54. The molecule has 1 aliphatic heterocycles. The molecule has 1 fully saturated rings. The van der Waals surface area contributed by atoms with E-state index in [1.165, 1.54) is 0 Å². The summed E-state index contributed by atoms with van der Waals surface area (Å²) in [5.41, 5.74) is -0.00718. The fourth-order valence-electron chi connectivity index (χ4n) is 4.58. The molecule has 1 amide bonds. The highest BCUT2D eigenvalue weighted by molar-refractivity contribution is 6.31. The maximum atomic E-state index is 12.8. The second-order valence-corrected chi connectivity index (χ2v) is 9.49. The Balaban J connectivity index is 1.45. The molecule has 1 aliphatic rings. The fraction of sp³-hybridized carbons (Fsp3) is 0.435. The molecule has 0 spiro atoms. The van der Waals surface area contributed by atoms with Crippen LogP contribution in [0.3, 0.4) is 0 Å². The summed E-state index contributed by atoms with van der Waals surface area (Å²) in [4.78, 5) is 17.8. The van der Waals surface area contributed by atoms with Crippen LogP contribution in [0.1, 0.15) is 54.4 Å². The standard InChI is InChI=1S/C23H24ClF3N4O2/c1-22(2,20(32)17-10-16(24)9-14-12-29-30-19(14)17)15-5-7-31(8-6-15)21(33)13-3-4-18(28-11-13)23(25,26)27/h3-4,9-12,15,20,32H,5-8H2,1-2H3,(H,29,30)/t20-/m1/s1. The predicted octanol–water partition coefficient (Wildman–Crippen LogP) is 5.24. The van der Waals surface area contributed by atoms with Crippen LogP contribution >= 0.6 is 11.6 Å². The van der Waals surface area contributed by atoms with Crippen LogP contribution in [-0.4, -0.2) is 44.2 Å². The fourth-order valence-corrected chi connectivity index (χ4v) is 4.82. The number of alkyl halides is 3. The number of pyridine rings is 1. The van der Waals surface area contributed by atoms with Gasteiger partial charge in [-0.05, 0) is 48.4 Å². The van der Waals surface area contributed by atoms with Gasteiger partial charge >= 0.3 is 6.18 Å². The van der Waals surface area contributed by atoms with Crippen molar-refractivity contribution in [3.63, 3.8) is 0 Å². The molecule has 1 atom stereocenters. The summed E-state index contributed by atoms with van der Waals surface area (Å²) in [7, 11) is 0. The van der Waals surface area contributed by atoms with Gasteiger partial charge in [0.25, 0.3) is 5.91 Å². The van der Waals surface area contributed by atoms with Gasteiger partial charge in [-0.3, -0.25) is 14.9 Å². The van der Waals surface area contributed by atoms with E-state index in [0.29, 0.717) is 36.5 Å². The van der Waals surface area contributed by atoms with Crippen LogP contribution in [0.15, 0.2) is 36.7 Å². The van der Waals surface area contributed by atoms with Gasteiger partial charge in [-0.2, -0.15) is 18.3 Å². The molecule has 3 aromatic rings. The van der Waals surface area contributed by atoms with Gasteiger partial charge in [0.05, 0.1) is 23.4 Å². The number of aromatic nitrogens is 3. The zero-order valence-electron chi connectivity index (χ0n) is 18.2. The third-order valence-corrected chi connectivity index (χ3v) is 6.90. The van der Waals surface area contributed by atoms with Gasteiger partial charge in [-0.25, -0.2) is 0 Å². The van der Waals surface area contributed by atoms with Crippen LogP contribution in [-0.2, 0) is 6.18 Å². The Labute approximate surface area is 193 Å².